The minimum Gasteiger partial charge on any atom is -0.493 e. The number of aromatic carboxylic acids is 1. The molecule has 4 heteroatoms. The van der Waals surface area contributed by atoms with Crippen molar-refractivity contribution < 1.29 is 19.4 Å². The van der Waals surface area contributed by atoms with E-state index in [0.717, 1.165) is 16.3 Å². The van der Waals surface area contributed by atoms with Crippen molar-refractivity contribution in [3.63, 3.8) is 0 Å². The second-order valence-corrected chi connectivity index (χ2v) is 5.10. The lowest BCUT2D eigenvalue weighted by Crippen LogP contribution is -2.01. The van der Waals surface area contributed by atoms with Crippen LogP contribution in [0.25, 0.3) is 10.8 Å². The maximum absolute atomic E-state index is 11.0. The van der Waals surface area contributed by atoms with Gasteiger partial charge in [-0.3, -0.25) is 0 Å². The van der Waals surface area contributed by atoms with Crippen LogP contribution in [0, 0.1) is 0 Å². The zero-order chi connectivity index (χ0) is 16.2. The summed E-state index contributed by atoms with van der Waals surface area (Å²) in [6.45, 7) is 0.379. The Bertz CT molecular complexity index is 850. The second kappa shape index (κ2) is 6.40. The monoisotopic (exact) mass is 308 g/mol. The van der Waals surface area contributed by atoms with Crippen LogP contribution < -0.4 is 9.47 Å². The summed E-state index contributed by atoms with van der Waals surface area (Å²) in [4.78, 5) is 11.0. The van der Waals surface area contributed by atoms with Crippen LogP contribution in [-0.4, -0.2) is 18.2 Å². The molecule has 0 aromatic heterocycles. The molecule has 0 aliphatic carbocycles. The molecule has 0 amide bonds. The molecule has 0 fully saturated rings. The number of methoxy groups -OCH3 is 1. The van der Waals surface area contributed by atoms with Gasteiger partial charge in [-0.2, -0.15) is 0 Å². The van der Waals surface area contributed by atoms with Gasteiger partial charge in [-0.25, -0.2) is 4.79 Å². The van der Waals surface area contributed by atoms with Crippen LogP contribution >= 0.6 is 0 Å². The van der Waals surface area contributed by atoms with E-state index in [-0.39, 0.29) is 5.56 Å². The van der Waals surface area contributed by atoms with Crippen LogP contribution in [0.1, 0.15) is 15.9 Å². The lowest BCUT2D eigenvalue weighted by atomic mass is 10.1. The van der Waals surface area contributed by atoms with Crippen molar-refractivity contribution in [3.8, 4) is 11.5 Å². The highest BCUT2D eigenvalue weighted by Gasteiger charge is 2.10. The van der Waals surface area contributed by atoms with Gasteiger partial charge < -0.3 is 14.6 Å². The van der Waals surface area contributed by atoms with E-state index < -0.39 is 5.97 Å². The molecule has 116 valence electrons. The molecule has 3 aromatic carbocycles. The summed E-state index contributed by atoms with van der Waals surface area (Å²) in [5.74, 6) is -0.0699. The Balaban J connectivity index is 1.86. The fraction of sp³-hybridized carbons (Fsp3) is 0.105. The second-order valence-electron chi connectivity index (χ2n) is 5.10. The first kappa shape index (κ1) is 14.9. The predicted molar refractivity (Wildman–Crippen MR) is 88.2 cm³/mol. The zero-order valence-electron chi connectivity index (χ0n) is 12.7. The first-order valence-electron chi connectivity index (χ1n) is 7.20. The normalized spacial score (nSPS) is 10.5. The van der Waals surface area contributed by atoms with E-state index >= 15 is 0 Å². The van der Waals surface area contributed by atoms with E-state index in [1.54, 1.807) is 6.07 Å². The lowest BCUT2D eigenvalue weighted by molar-refractivity contribution is 0.0696. The molecule has 0 unspecified atom stereocenters. The van der Waals surface area contributed by atoms with Gasteiger partial charge in [-0.1, -0.05) is 42.5 Å². The molecule has 4 nitrogen and oxygen atoms in total. The molecule has 0 aliphatic rings. The molecule has 0 atom stereocenters. The molecule has 0 radical (unpaired) electrons. The number of hydrogen-bond donors (Lipinski definition) is 1. The molecule has 0 spiro atoms. The fourth-order valence-corrected chi connectivity index (χ4v) is 2.49. The Morgan fingerprint density at radius 2 is 1.78 bits per heavy atom. The van der Waals surface area contributed by atoms with Crippen LogP contribution in [0.2, 0.25) is 0 Å². The Morgan fingerprint density at radius 3 is 2.57 bits per heavy atom. The van der Waals surface area contributed by atoms with Crippen molar-refractivity contribution in [1.29, 1.82) is 0 Å². The van der Waals surface area contributed by atoms with Crippen LogP contribution in [0.3, 0.4) is 0 Å². The number of carbonyl (C=O) groups is 1. The van der Waals surface area contributed by atoms with Gasteiger partial charge in [0, 0.05) is 0 Å². The highest BCUT2D eigenvalue weighted by Crippen LogP contribution is 2.29. The highest BCUT2D eigenvalue weighted by atomic mass is 16.5. The average Bonchev–Trinajstić information content (AvgIpc) is 2.59. The standard InChI is InChI=1S/C19H16O4/c1-22-18-11-14(19(20)21)9-10-17(18)23-12-15-7-4-6-13-5-2-3-8-16(13)15/h2-11H,12H2,1H3,(H,20,21). The maximum Gasteiger partial charge on any atom is 0.335 e. The third kappa shape index (κ3) is 3.11. The van der Waals surface area contributed by atoms with Crippen LogP contribution in [0.4, 0.5) is 0 Å². The van der Waals surface area contributed by atoms with Crippen molar-refractivity contribution in [3.05, 3.63) is 71.8 Å². The number of carboxylic acid groups (broad SMARTS) is 1. The molecule has 0 saturated heterocycles. The van der Waals surface area contributed by atoms with Crippen molar-refractivity contribution in [2.75, 3.05) is 7.11 Å². The average molecular weight is 308 g/mol. The minimum absolute atomic E-state index is 0.166. The molecule has 1 N–H and O–H groups in total. The number of carboxylic acids is 1. The Morgan fingerprint density at radius 1 is 1.00 bits per heavy atom. The first-order valence-corrected chi connectivity index (χ1v) is 7.20. The van der Waals surface area contributed by atoms with Crippen LogP contribution in [0.15, 0.2) is 60.7 Å². The van der Waals surface area contributed by atoms with Gasteiger partial charge in [0.25, 0.3) is 0 Å². The van der Waals surface area contributed by atoms with Gasteiger partial charge >= 0.3 is 5.97 Å². The predicted octanol–water partition coefficient (Wildman–Crippen LogP) is 4.13. The summed E-state index contributed by atoms with van der Waals surface area (Å²) in [7, 11) is 1.49. The molecule has 0 heterocycles. The number of hydrogen-bond acceptors (Lipinski definition) is 3. The summed E-state index contributed by atoms with van der Waals surface area (Å²) in [5.41, 5.74) is 1.23. The summed E-state index contributed by atoms with van der Waals surface area (Å²) < 4.78 is 11.1. The lowest BCUT2D eigenvalue weighted by Gasteiger charge is -2.12. The van der Waals surface area contributed by atoms with Crippen LogP contribution in [0.5, 0.6) is 11.5 Å². The molecule has 0 aliphatic heterocycles. The summed E-state index contributed by atoms with van der Waals surface area (Å²) in [5, 5.41) is 11.3. The van der Waals surface area contributed by atoms with Crippen molar-refractivity contribution in [1.82, 2.24) is 0 Å². The van der Waals surface area contributed by atoms with Gasteiger partial charge in [0.05, 0.1) is 12.7 Å². The molecular weight excluding hydrogens is 292 g/mol. The summed E-state index contributed by atoms with van der Waals surface area (Å²) in [6.07, 6.45) is 0. The van der Waals surface area contributed by atoms with Gasteiger partial charge in [0.15, 0.2) is 11.5 Å². The van der Waals surface area contributed by atoms with Crippen molar-refractivity contribution >= 4 is 16.7 Å². The Hall–Kier alpha value is -3.01. The van der Waals surface area contributed by atoms with Crippen molar-refractivity contribution in [2.45, 2.75) is 6.61 Å². The van der Waals surface area contributed by atoms with E-state index in [9.17, 15) is 4.79 Å². The summed E-state index contributed by atoms with van der Waals surface area (Å²) >= 11 is 0. The molecular formula is C19H16O4. The molecule has 3 aromatic rings. The van der Waals surface area contributed by atoms with E-state index in [1.807, 2.05) is 24.3 Å². The third-order valence-electron chi connectivity index (χ3n) is 3.67. The van der Waals surface area contributed by atoms with E-state index in [2.05, 4.69) is 18.2 Å². The maximum atomic E-state index is 11.0. The largest absolute Gasteiger partial charge is 0.493 e. The zero-order valence-corrected chi connectivity index (χ0v) is 12.7. The topological polar surface area (TPSA) is 55.8 Å². The van der Waals surface area contributed by atoms with Gasteiger partial charge in [-0.15, -0.1) is 0 Å². The molecule has 3 rings (SSSR count). The Kier molecular flexibility index (Phi) is 4.15. The van der Waals surface area contributed by atoms with Gasteiger partial charge in [-0.05, 0) is 34.5 Å². The van der Waals surface area contributed by atoms with Gasteiger partial charge in [0.2, 0.25) is 0 Å². The molecule has 0 saturated carbocycles. The quantitative estimate of drug-likeness (QED) is 0.770. The number of rotatable bonds is 5. The molecule has 0 bridgehead atoms. The number of fused-ring (bicyclic) bond motifs is 1. The van der Waals surface area contributed by atoms with E-state index in [4.69, 9.17) is 14.6 Å². The number of ether oxygens (including phenoxy) is 2. The van der Waals surface area contributed by atoms with Crippen LogP contribution in [-0.2, 0) is 6.61 Å². The first-order chi connectivity index (χ1) is 11.2. The van der Waals surface area contributed by atoms with E-state index in [0.29, 0.717) is 18.1 Å². The number of benzene rings is 3. The third-order valence-corrected chi connectivity index (χ3v) is 3.67. The smallest absolute Gasteiger partial charge is 0.335 e. The van der Waals surface area contributed by atoms with Crippen molar-refractivity contribution in [2.24, 2.45) is 0 Å². The highest BCUT2D eigenvalue weighted by molar-refractivity contribution is 5.88. The molecule has 23 heavy (non-hydrogen) atoms. The minimum atomic E-state index is -0.996. The fourth-order valence-electron chi connectivity index (χ4n) is 2.49. The van der Waals surface area contributed by atoms with E-state index in [1.165, 1.54) is 19.2 Å². The SMILES string of the molecule is COc1cc(C(=O)O)ccc1OCc1cccc2ccccc12. The summed E-state index contributed by atoms with van der Waals surface area (Å²) in [6, 6.07) is 18.7. The van der Waals surface area contributed by atoms with Gasteiger partial charge in [0.1, 0.15) is 6.61 Å². The Labute approximate surface area is 133 Å².